The van der Waals surface area contributed by atoms with Crippen molar-refractivity contribution >= 4 is 17.7 Å². The first-order chi connectivity index (χ1) is 9.35. The molecule has 0 radical (unpaired) electrons. The average Bonchev–Trinajstić information content (AvgIpc) is 2.74. The topological polar surface area (TPSA) is 50.4 Å². The molecule has 1 fully saturated rings. The number of hydrogen-bond donors (Lipinski definition) is 2. The fourth-order valence-electron chi connectivity index (χ4n) is 2.38. The van der Waals surface area contributed by atoms with Crippen LogP contribution >= 0.6 is 11.6 Å². The molecule has 0 aliphatic carbocycles. The maximum atomic E-state index is 11.9. The molecule has 2 rings (SSSR count). The van der Waals surface area contributed by atoms with Crippen molar-refractivity contribution < 1.29 is 9.53 Å². The maximum absolute atomic E-state index is 11.9. The zero-order valence-corrected chi connectivity index (χ0v) is 12.8. The van der Waals surface area contributed by atoms with Crippen LogP contribution < -0.4 is 10.6 Å². The lowest BCUT2D eigenvalue weighted by atomic mass is 9.94. The molecule has 0 saturated carbocycles. The Bertz CT molecular complexity index is 485. The van der Waals surface area contributed by atoms with E-state index in [9.17, 15) is 4.79 Å². The van der Waals surface area contributed by atoms with Crippen molar-refractivity contribution in [3.63, 3.8) is 0 Å². The summed E-state index contributed by atoms with van der Waals surface area (Å²) in [5.41, 5.74) is 0.644. The molecule has 1 aliphatic rings. The number of carbonyl (C=O) groups excluding carboxylic acids is 1. The summed E-state index contributed by atoms with van der Waals surface area (Å²) in [7, 11) is 0. The minimum absolute atomic E-state index is 0.0170. The minimum atomic E-state index is -0.484. The van der Waals surface area contributed by atoms with Gasteiger partial charge in [0.25, 0.3) is 0 Å². The van der Waals surface area contributed by atoms with Gasteiger partial charge in [-0.3, -0.25) is 0 Å². The summed E-state index contributed by atoms with van der Waals surface area (Å²) in [6, 6.07) is 7.78. The van der Waals surface area contributed by atoms with Gasteiger partial charge in [0.05, 0.1) is 6.04 Å². The summed E-state index contributed by atoms with van der Waals surface area (Å²) in [5, 5.41) is 6.95. The number of halogens is 1. The number of amides is 1. The number of hydrogen-bond acceptors (Lipinski definition) is 3. The van der Waals surface area contributed by atoms with E-state index in [4.69, 9.17) is 16.3 Å². The van der Waals surface area contributed by atoms with Gasteiger partial charge in [-0.15, -0.1) is 0 Å². The molecular formula is C15H21ClN2O2. The van der Waals surface area contributed by atoms with Crippen LogP contribution in [0, 0.1) is 0 Å². The summed E-state index contributed by atoms with van der Waals surface area (Å²) in [6.45, 7) is 7.12. The summed E-state index contributed by atoms with van der Waals surface area (Å²) >= 11 is 6.03. The van der Waals surface area contributed by atoms with Crippen molar-refractivity contribution in [2.45, 2.75) is 38.3 Å². The molecule has 2 N–H and O–H groups in total. The summed E-state index contributed by atoms with van der Waals surface area (Å²) < 4.78 is 5.30. The lowest BCUT2D eigenvalue weighted by molar-refractivity contribution is 0.0504. The van der Waals surface area contributed by atoms with Crippen LogP contribution in [0.4, 0.5) is 4.79 Å². The molecular weight excluding hydrogens is 276 g/mol. The second-order valence-electron chi connectivity index (χ2n) is 6.07. The number of nitrogens with one attached hydrogen (secondary N) is 2. The van der Waals surface area contributed by atoms with Crippen LogP contribution in [-0.4, -0.2) is 30.8 Å². The molecule has 1 aromatic carbocycles. The average molecular weight is 297 g/mol. The van der Waals surface area contributed by atoms with Crippen molar-refractivity contribution in [3.8, 4) is 0 Å². The first-order valence-corrected chi connectivity index (χ1v) is 7.18. The first-order valence-electron chi connectivity index (χ1n) is 6.81. The highest BCUT2D eigenvalue weighted by Gasteiger charge is 2.31. The molecule has 0 spiro atoms. The van der Waals surface area contributed by atoms with Gasteiger partial charge in [0, 0.05) is 24.0 Å². The molecule has 1 heterocycles. The zero-order valence-electron chi connectivity index (χ0n) is 12.1. The predicted molar refractivity (Wildman–Crippen MR) is 80.2 cm³/mol. The lowest BCUT2D eigenvalue weighted by Gasteiger charge is -2.24. The van der Waals surface area contributed by atoms with Gasteiger partial charge in [-0.05, 0) is 38.5 Å². The summed E-state index contributed by atoms with van der Waals surface area (Å²) in [4.78, 5) is 11.9. The highest BCUT2D eigenvalue weighted by Crippen LogP contribution is 2.25. The standard InChI is InChI=1S/C15H21ClN2O2/c1-15(2,3)20-14(19)18-13-9-17-8-12(13)10-5-4-6-11(16)7-10/h4-7,12-13,17H,8-9H2,1-3H3,(H,18,19)/t12-,13+/m1/s1. The monoisotopic (exact) mass is 296 g/mol. The van der Waals surface area contributed by atoms with Gasteiger partial charge < -0.3 is 15.4 Å². The Morgan fingerprint density at radius 3 is 2.80 bits per heavy atom. The van der Waals surface area contributed by atoms with E-state index in [2.05, 4.69) is 10.6 Å². The Morgan fingerprint density at radius 1 is 1.40 bits per heavy atom. The fourth-order valence-corrected chi connectivity index (χ4v) is 2.58. The van der Waals surface area contributed by atoms with Gasteiger partial charge in [0.15, 0.2) is 0 Å². The van der Waals surface area contributed by atoms with Crippen molar-refractivity contribution in [3.05, 3.63) is 34.9 Å². The van der Waals surface area contributed by atoms with Crippen LogP contribution in [0.15, 0.2) is 24.3 Å². The maximum Gasteiger partial charge on any atom is 0.407 e. The predicted octanol–water partition coefficient (Wildman–Crippen LogP) is 2.92. The van der Waals surface area contributed by atoms with E-state index in [0.29, 0.717) is 5.02 Å². The van der Waals surface area contributed by atoms with Crippen LogP contribution in [0.3, 0.4) is 0 Å². The molecule has 1 aromatic rings. The van der Waals surface area contributed by atoms with Crippen LogP contribution in [0.5, 0.6) is 0 Å². The Labute approximate surface area is 124 Å². The van der Waals surface area contributed by atoms with Crippen molar-refractivity contribution in [2.24, 2.45) is 0 Å². The van der Waals surface area contributed by atoms with E-state index < -0.39 is 5.60 Å². The van der Waals surface area contributed by atoms with Gasteiger partial charge in [-0.2, -0.15) is 0 Å². The minimum Gasteiger partial charge on any atom is -0.444 e. The molecule has 0 unspecified atom stereocenters. The Kier molecular flexibility index (Phi) is 4.55. The quantitative estimate of drug-likeness (QED) is 0.882. The fraction of sp³-hybridized carbons (Fsp3) is 0.533. The van der Waals surface area contributed by atoms with E-state index in [0.717, 1.165) is 18.7 Å². The van der Waals surface area contributed by atoms with Crippen LogP contribution in [0.1, 0.15) is 32.3 Å². The molecule has 1 saturated heterocycles. The molecule has 20 heavy (non-hydrogen) atoms. The zero-order chi connectivity index (χ0) is 14.8. The van der Waals surface area contributed by atoms with E-state index in [1.165, 1.54) is 0 Å². The highest BCUT2D eigenvalue weighted by molar-refractivity contribution is 6.30. The third kappa shape index (κ3) is 4.12. The third-order valence-corrected chi connectivity index (χ3v) is 3.43. The second kappa shape index (κ2) is 6.02. The Balaban J connectivity index is 2.03. The molecule has 110 valence electrons. The van der Waals surface area contributed by atoms with Crippen LogP contribution in [-0.2, 0) is 4.74 Å². The number of rotatable bonds is 2. The number of benzene rings is 1. The van der Waals surface area contributed by atoms with E-state index in [-0.39, 0.29) is 18.1 Å². The first kappa shape index (κ1) is 15.1. The van der Waals surface area contributed by atoms with Crippen LogP contribution in [0.2, 0.25) is 5.02 Å². The van der Waals surface area contributed by atoms with Gasteiger partial charge in [-0.1, -0.05) is 23.7 Å². The molecule has 0 aromatic heterocycles. The molecule has 5 heteroatoms. The summed E-state index contributed by atoms with van der Waals surface area (Å²) in [5.74, 6) is 0.209. The largest absolute Gasteiger partial charge is 0.444 e. The number of ether oxygens (including phenoxy) is 1. The summed E-state index contributed by atoms with van der Waals surface area (Å²) in [6.07, 6.45) is -0.377. The third-order valence-electron chi connectivity index (χ3n) is 3.19. The van der Waals surface area contributed by atoms with Crippen LogP contribution in [0.25, 0.3) is 0 Å². The van der Waals surface area contributed by atoms with Gasteiger partial charge in [-0.25, -0.2) is 4.79 Å². The number of carbonyl (C=O) groups is 1. The van der Waals surface area contributed by atoms with Gasteiger partial charge >= 0.3 is 6.09 Å². The van der Waals surface area contributed by atoms with Crippen molar-refractivity contribution in [1.82, 2.24) is 10.6 Å². The SMILES string of the molecule is CC(C)(C)OC(=O)N[C@H]1CNC[C@@H]1c1cccc(Cl)c1. The van der Waals surface area contributed by atoms with Crippen molar-refractivity contribution in [1.29, 1.82) is 0 Å². The second-order valence-corrected chi connectivity index (χ2v) is 6.51. The normalized spacial score (nSPS) is 22.6. The smallest absolute Gasteiger partial charge is 0.407 e. The molecule has 0 bridgehead atoms. The van der Waals surface area contributed by atoms with E-state index in [1.54, 1.807) is 0 Å². The molecule has 4 nitrogen and oxygen atoms in total. The van der Waals surface area contributed by atoms with E-state index >= 15 is 0 Å². The van der Waals surface area contributed by atoms with E-state index in [1.807, 2.05) is 45.0 Å². The lowest BCUT2D eigenvalue weighted by Crippen LogP contribution is -2.42. The van der Waals surface area contributed by atoms with Gasteiger partial charge in [0.2, 0.25) is 0 Å². The molecule has 1 amide bonds. The highest BCUT2D eigenvalue weighted by atomic mass is 35.5. The molecule has 1 aliphatic heterocycles. The van der Waals surface area contributed by atoms with Gasteiger partial charge in [0.1, 0.15) is 5.60 Å². The van der Waals surface area contributed by atoms with Crippen molar-refractivity contribution in [2.75, 3.05) is 13.1 Å². The number of alkyl carbamates (subject to hydrolysis) is 1. The molecule has 2 atom stereocenters. The Morgan fingerprint density at radius 2 is 2.15 bits per heavy atom. The Hall–Kier alpha value is -1.26.